The van der Waals surface area contributed by atoms with Gasteiger partial charge in [-0.1, -0.05) is 6.92 Å². The lowest BCUT2D eigenvalue weighted by Gasteiger charge is -2.25. The Labute approximate surface area is 121 Å². The summed E-state index contributed by atoms with van der Waals surface area (Å²) in [6, 6.07) is 0. The third-order valence-corrected chi connectivity index (χ3v) is 3.01. The number of ether oxygens (including phenoxy) is 3. The molecule has 0 saturated heterocycles. The summed E-state index contributed by atoms with van der Waals surface area (Å²) in [5.41, 5.74) is -0.860. The maximum atomic E-state index is 11.2. The van der Waals surface area contributed by atoms with Gasteiger partial charge in [-0.25, -0.2) is 0 Å². The highest BCUT2D eigenvalue weighted by Crippen LogP contribution is 2.12. The minimum Gasteiger partial charge on any atom is -0.480 e. The molecule has 0 radical (unpaired) electrons. The van der Waals surface area contributed by atoms with Crippen LogP contribution in [0.3, 0.4) is 0 Å². The first-order valence-corrected chi connectivity index (χ1v) is 7.19. The number of carbonyl (C=O) groups is 1. The fourth-order valence-electron chi connectivity index (χ4n) is 1.80. The van der Waals surface area contributed by atoms with Gasteiger partial charge in [0.25, 0.3) is 0 Å². The van der Waals surface area contributed by atoms with Gasteiger partial charge in [-0.3, -0.25) is 4.79 Å². The zero-order valence-electron chi connectivity index (χ0n) is 12.9. The van der Waals surface area contributed by atoms with Crippen LogP contribution in [0.1, 0.15) is 33.1 Å². The largest absolute Gasteiger partial charge is 0.480 e. The number of carboxylic acids is 1. The van der Waals surface area contributed by atoms with E-state index in [0.717, 1.165) is 12.8 Å². The molecule has 0 aliphatic heterocycles. The maximum Gasteiger partial charge on any atom is 0.323 e. The molecule has 0 aromatic heterocycles. The second kappa shape index (κ2) is 12.1. The molecule has 0 amide bonds. The van der Waals surface area contributed by atoms with Crippen LogP contribution in [-0.2, 0) is 19.0 Å². The summed E-state index contributed by atoms with van der Waals surface area (Å²) >= 11 is 0. The fraction of sp³-hybridized carbons (Fsp3) is 0.929. The third kappa shape index (κ3) is 9.25. The van der Waals surface area contributed by atoms with Crippen LogP contribution < -0.4 is 5.32 Å². The third-order valence-electron chi connectivity index (χ3n) is 3.01. The highest BCUT2D eigenvalue weighted by molar-refractivity contribution is 5.78. The highest BCUT2D eigenvalue weighted by atomic mass is 16.5. The molecular weight excluding hydrogens is 262 g/mol. The predicted octanol–water partition coefficient (Wildman–Crippen LogP) is 1.29. The van der Waals surface area contributed by atoms with E-state index in [1.807, 2.05) is 6.92 Å². The first-order chi connectivity index (χ1) is 9.56. The number of nitrogens with one attached hydrogen (secondary N) is 1. The molecule has 0 aliphatic rings. The van der Waals surface area contributed by atoms with Gasteiger partial charge in [0.05, 0.1) is 13.2 Å². The van der Waals surface area contributed by atoms with Gasteiger partial charge >= 0.3 is 5.97 Å². The lowest BCUT2D eigenvalue weighted by molar-refractivity contribution is -0.144. The molecule has 1 atom stereocenters. The highest BCUT2D eigenvalue weighted by Gasteiger charge is 2.30. The van der Waals surface area contributed by atoms with Crippen molar-refractivity contribution in [2.24, 2.45) is 0 Å². The van der Waals surface area contributed by atoms with E-state index in [1.54, 1.807) is 14.0 Å². The first-order valence-electron chi connectivity index (χ1n) is 7.19. The molecular formula is C14H29NO5. The van der Waals surface area contributed by atoms with Gasteiger partial charge in [-0.15, -0.1) is 0 Å². The normalized spacial score (nSPS) is 14.2. The van der Waals surface area contributed by atoms with Crippen LogP contribution in [0, 0.1) is 0 Å². The molecule has 0 aromatic rings. The van der Waals surface area contributed by atoms with Crippen molar-refractivity contribution in [3.05, 3.63) is 0 Å². The zero-order chi connectivity index (χ0) is 15.3. The van der Waals surface area contributed by atoms with Gasteiger partial charge in [0, 0.05) is 26.9 Å². The molecule has 0 saturated carbocycles. The van der Waals surface area contributed by atoms with Crippen molar-refractivity contribution in [3.63, 3.8) is 0 Å². The van der Waals surface area contributed by atoms with Crippen molar-refractivity contribution >= 4 is 5.97 Å². The predicted molar refractivity (Wildman–Crippen MR) is 77.1 cm³/mol. The zero-order valence-corrected chi connectivity index (χ0v) is 12.9. The molecule has 1 unspecified atom stereocenters. The summed E-state index contributed by atoms with van der Waals surface area (Å²) in [5, 5.41) is 12.2. The number of likely N-dealkylation sites (N-methyl/N-ethyl adjacent to an activating group) is 1. The SMILES string of the molecule is CCNC(C)(CCCOCCCOCCOC)C(=O)O. The molecule has 120 valence electrons. The van der Waals surface area contributed by atoms with Crippen LogP contribution in [0.25, 0.3) is 0 Å². The van der Waals surface area contributed by atoms with Crippen molar-refractivity contribution in [1.29, 1.82) is 0 Å². The van der Waals surface area contributed by atoms with Crippen molar-refractivity contribution in [1.82, 2.24) is 5.32 Å². The average molecular weight is 291 g/mol. The van der Waals surface area contributed by atoms with E-state index in [1.165, 1.54) is 0 Å². The summed E-state index contributed by atoms with van der Waals surface area (Å²) in [6.07, 6.45) is 2.12. The molecule has 6 heteroatoms. The van der Waals surface area contributed by atoms with Crippen molar-refractivity contribution in [2.75, 3.05) is 46.7 Å². The van der Waals surface area contributed by atoms with Gasteiger partial charge in [-0.05, 0) is 32.7 Å². The lowest BCUT2D eigenvalue weighted by atomic mass is 9.96. The Kier molecular flexibility index (Phi) is 11.7. The molecule has 6 nitrogen and oxygen atoms in total. The number of hydrogen-bond acceptors (Lipinski definition) is 5. The molecule has 0 rings (SSSR count). The lowest BCUT2D eigenvalue weighted by Crippen LogP contribution is -2.49. The van der Waals surface area contributed by atoms with Gasteiger partial charge in [0.15, 0.2) is 0 Å². The summed E-state index contributed by atoms with van der Waals surface area (Å²) in [4.78, 5) is 11.2. The topological polar surface area (TPSA) is 77.0 Å². The van der Waals surface area contributed by atoms with Gasteiger partial charge in [-0.2, -0.15) is 0 Å². The Morgan fingerprint density at radius 1 is 1.10 bits per heavy atom. The molecule has 0 spiro atoms. The smallest absolute Gasteiger partial charge is 0.323 e. The standard InChI is InChI=1S/C14H29NO5/c1-4-15-14(2,13(16)17)7-5-8-19-9-6-10-20-12-11-18-3/h15H,4-12H2,1-3H3,(H,16,17). The Morgan fingerprint density at radius 2 is 1.70 bits per heavy atom. The van der Waals surface area contributed by atoms with Crippen molar-refractivity contribution < 1.29 is 24.1 Å². The molecule has 0 aromatic carbocycles. The average Bonchev–Trinajstić information content (AvgIpc) is 2.41. The summed E-state index contributed by atoms with van der Waals surface area (Å²) < 4.78 is 15.6. The quantitative estimate of drug-likeness (QED) is 0.470. The Morgan fingerprint density at radius 3 is 2.25 bits per heavy atom. The Bertz CT molecular complexity index is 250. The van der Waals surface area contributed by atoms with Crippen molar-refractivity contribution in [3.8, 4) is 0 Å². The van der Waals surface area contributed by atoms with Crippen LogP contribution >= 0.6 is 0 Å². The fourth-order valence-corrected chi connectivity index (χ4v) is 1.80. The van der Waals surface area contributed by atoms with E-state index in [2.05, 4.69) is 5.32 Å². The minimum absolute atomic E-state index is 0.556. The molecule has 2 N–H and O–H groups in total. The number of methoxy groups -OCH3 is 1. The van der Waals surface area contributed by atoms with E-state index < -0.39 is 11.5 Å². The number of carboxylic acid groups (broad SMARTS) is 1. The first kappa shape index (κ1) is 19.3. The van der Waals surface area contributed by atoms with Crippen LogP contribution in [0.2, 0.25) is 0 Å². The van der Waals surface area contributed by atoms with Crippen molar-refractivity contribution in [2.45, 2.75) is 38.6 Å². The number of rotatable bonds is 14. The van der Waals surface area contributed by atoms with Crippen LogP contribution in [0.15, 0.2) is 0 Å². The van der Waals surface area contributed by atoms with E-state index in [4.69, 9.17) is 14.2 Å². The van der Waals surface area contributed by atoms with Gasteiger partial charge in [0.2, 0.25) is 0 Å². The summed E-state index contributed by atoms with van der Waals surface area (Å²) in [5.74, 6) is -0.814. The number of aliphatic carboxylic acids is 1. The van der Waals surface area contributed by atoms with Crippen LogP contribution in [-0.4, -0.2) is 63.3 Å². The van der Waals surface area contributed by atoms with E-state index in [-0.39, 0.29) is 0 Å². The molecule has 0 heterocycles. The van der Waals surface area contributed by atoms with Crippen LogP contribution in [0.4, 0.5) is 0 Å². The van der Waals surface area contributed by atoms with E-state index >= 15 is 0 Å². The minimum atomic E-state index is -0.860. The summed E-state index contributed by atoms with van der Waals surface area (Å²) in [6.45, 7) is 7.35. The second-order valence-corrected chi connectivity index (χ2v) is 4.84. The van der Waals surface area contributed by atoms with Crippen LogP contribution in [0.5, 0.6) is 0 Å². The molecule has 0 fully saturated rings. The van der Waals surface area contributed by atoms with E-state index in [0.29, 0.717) is 46.0 Å². The van der Waals surface area contributed by atoms with Gasteiger partial charge in [0.1, 0.15) is 5.54 Å². The Hall–Kier alpha value is -0.690. The molecule has 0 aliphatic carbocycles. The molecule has 0 bridgehead atoms. The van der Waals surface area contributed by atoms with Gasteiger partial charge < -0.3 is 24.6 Å². The Balaban J connectivity index is 3.48. The second-order valence-electron chi connectivity index (χ2n) is 4.84. The van der Waals surface area contributed by atoms with E-state index in [9.17, 15) is 9.90 Å². The maximum absolute atomic E-state index is 11.2. The number of hydrogen-bond donors (Lipinski definition) is 2. The molecule has 20 heavy (non-hydrogen) atoms. The monoisotopic (exact) mass is 291 g/mol. The summed E-state index contributed by atoms with van der Waals surface area (Å²) in [7, 11) is 1.64.